The molecule has 0 saturated heterocycles. The standard InChI is InChI=1S/C19H21N5O3S3/c1-13-4-6-15(7-5-13)21-18-22-23-19(29-18)28-12-17(25)20-14-8-10-16(11-9-14)30(26,27)24(2)3/h4-11H,12H2,1-3H3,(H,20,25)(H,21,22). The highest BCUT2D eigenvalue weighted by Gasteiger charge is 2.17. The lowest BCUT2D eigenvalue weighted by atomic mass is 10.2. The number of anilines is 3. The van der Waals surface area contributed by atoms with Crippen LogP contribution in [0.3, 0.4) is 0 Å². The number of hydrogen-bond donors (Lipinski definition) is 2. The van der Waals surface area contributed by atoms with E-state index in [1.54, 1.807) is 12.1 Å². The molecule has 8 nitrogen and oxygen atoms in total. The number of carbonyl (C=O) groups is 1. The molecule has 2 N–H and O–H groups in total. The molecule has 0 atom stereocenters. The molecule has 0 radical (unpaired) electrons. The average Bonchev–Trinajstić information content (AvgIpc) is 3.16. The Morgan fingerprint density at radius 1 is 1.03 bits per heavy atom. The molecule has 30 heavy (non-hydrogen) atoms. The number of benzene rings is 2. The van der Waals surface area contributed by atoms with Gasteiger partial charge in [0.1, 0.15) is 0 Å². The predicted molar refractivity (Wildman–Crippen MR) is 121 cm³/mol. The van der Waals surface area contributed by atoms with E-state index in [0.717, 1.165) is 9.99 Å². The highest BCUT2D eigenvalue weighted by atomic mass is 32.2. The second-order valence-corrected chi connectivity index (χ2v) is 10.9. The molecule has 2 aromatic carbocycles. The third-order valence-corrected chi connectivity index (χ3v) is 7.75. The van der Waals surface area contributed by atoms with Crippen molar-refractivity contribution in [2.75, 3.05) is 30.5 Å². The molecule has 0 spiro atoms. The number of amides is 1. The zero-order valence-corrected chi connectivity index (χ0v) is 19.1. The van der Waals surface area contributed by atoms with Gasteiger partial charge in [-0.25, -0.2) is 12.7 Å². The molecule has 3 rings (SSSR count). The summed E-state index contributed by atoms with van der Waals surface area (Å²) in [5.41, 5.74) is 2.62. The van der Waals surface area contributed by atoms with Gasteiger partial charge in [-0.15, -0.1) is 10.2 Å². The van der Waals surface area contributed by atoms with Crippen molar-refractivity contribution >= 4 is 55.5 Å². The molecule has 0 unspecified atom stereocenters. The lowest BCUT2D eigenvalue weighted by molar-refractivity contribution is -0.113. The normalized spacial score (nSPS) is 11.5. The minimum atomic E-state index is -3.49. The SMILES string of the molecule is Cc1ccc(Nc2nnc(SCC(=O)Nc3ccc(S(=O)(=O)N(C)C)cc3)s2)cc1. The van der Waals surface area contributed by atoms with E-state index >= 15 is 0 Å². The fourth-order valence-electron chi connectivity index (χ4n) is 2.32. The number of aryl methyl sites for hydroxylation is 1. The van der Waals surface area contributed by atoms with Gasteiger partial charge in [0.2, 0.25) is 21.1 Å². The van der Waals surface area contributed by atoms with Crippen molar-refractivity contribution < 1.29 is 13.2 Å². The summed E-state index contributed by atoms with van der Waals surface area (Å²) in [6.45, 7) is 2.02. The number of carbonyl (C=O) groups excluding carboxylic acids is 1. The van der Waals surface area contributed by atoms with Crippen LogP contribution in [0.2, 0.25) is 0 Å². The first-order valence-electron chi connectivity index (χ1n) is 8.86. The summed E-state index contributed by atoms with van der Waals surface area (Å²) in [5.74, 6) is -0.0526. The molecule has 0 aliphatic rings. The van der Waals surface area contributed by atoms with Gasteiger partial charge in [-0.3, -0.25) is 4.79 Å². The monoisotopic (exact) mass is 463 g/mol. The highest BCUT2D eigenvalue weighted by Crippen LogP contribution is 2.28. The number of nitrogens with zero attached hydrogens (tertiary/aromatic N) is 3. The van der Waals surface area contributed by atoms with Gasteiger partial charge in [0.05, 0.1) is 10.6 Å². The number of aromatic nitrogens is 2. The molecule has 0 fully saturated rings. The van der Waals surface area contributed by atoms with E-state index in [1.165, 1.54) is 54.9 Å². The van der Waals surface area contributed by atoms with Crippen LogP contribution in [0, 0.1) is 6.92 Å². The van der Waals surface area contributed by atoms with Crippen molar-refractivity contribution in [1.82, 2.24) is 14.5 Å². The number of rotatable bonds is 8. The summed E-state index contributed by atoms with van der Waals surface area (Å²) in [4.78, 5) is 12.4. The van der Waals surface area contributed by atoms with E-state index in [4.69, 9.17) is 0 Å². The Morgan fingerprint density at radius 2 is 1.67 bits per heavy atom. The summed E-state index contributed by atoms with van der Waals surface area (Å²) in [5, 5.41) is 14.7. The molecular formula is C19H21N5O3S3. The summed E-state index contributed by atoms with van der Waals surface area (Å²) >= 11 is 2.65. The Kier molecular flexibility index (Phi) is 7.08. The quantitative estimate of drug-likeness (QED) is 0.492. The molecule has 3 aromatic rings. The van der Waals surface area contributed by atoms with Gasteiger partial charge >= 0.3 is 0 Å². The van der Waals surface area contributed by atoms with Gasteiger partial charge in [-0.1, -0.05) is 40.8 Å². The highest BCUT2D eigenvalue weighted by molar-refractivity contribution is 8.01. The predicted octanol–water partition coefficient (Wildman–Crippen LogP) is 3.57. The molecule has 0 saturated carbocycles. The van der Waals surface area contributed by atoms with Gasteiger partial charge in [-0.2, -0.15) is 0 Å². The average molecular weight is 464 g/mol. The first-order chi connectivity index (χ1) is 14.2. The van der Waals surface area contributed by atoms with Crippen LogP contribution in [0.4, 0.5) is 16.5 Å². The van der Waals surface area contributed by atoms with E-state index < -0.39 is 10.0 Å². The van der Waals surface area contributed by atoms with Crippen LogP contribution < -0.4 is 10.6 Å². The largest absolute Gasteiger partial charge is 0.330 e. The number of nitrogens with one attached hydrogen (secondary N) is 2. The summed E-state index contributed by atoms with van der Waals surface area (Å²) in [6.07, 6.45) is 0. The third-order valence-electron chi connectivity index (χ3n) is 3.95. The topological polar surface area (TPSA) is 104 Å². The van der Waals surface area contributed by atoms with Crippen molar-refractivity contribution in [2.24, 2.45) is 0 Å². The maximum absolute atomic E-state index is 12.2. The van der Waals surface area contributed by atoms with Crippen molar-refractivity contribution in [2.45, 2.75) is 16.2 Å². The molecule has 0 aliphatic carbocycles. The molecule has 1 aromatic heterocycles. The van der Waals surface area contributed by atoms with E-state index in [1.807, 2.05) is 31.2 Å². The Morgan fingerprint density at radius 3 is 2.30 bits per heavy atom. The van der Waals surface area contributed by atoms with Crippen molar-refractivity contribution in [1.29, 1.82) is 0 Å². The van der Waals surface area contributed by atoms with Gasteiger partial charge in [0.15, 0.2) is 4.34 Å². The van der Waals surface area contributed by atoms with E-state index in [2.05, 4.69) is 20.8 Å². The summed E-state index contributed by atoms with van der Waals surface area (Å²) in [7, 11) is -0.555. The molecule has 158 valence electrons. The lowest BCUT2D eigenvalue weighted by Gasteiger charge is -2.11. The molecule has 1 amide bonds. The summed E-state index contributed by atoms with van der Waals surface area (Å²) < 4.78 is 26.0. The molecule has 11 heteroatoms. The summed E-state index contributed by atoms with van der Waals surface area (Å²) in [6, 6.07) is 14.0. The number of thioether (sulfide) groups is 1. The zero-order valence-electron chi connectivity index (χ0n) is 16.6. The van der Waals surface area contributed by atoms with Crippen LogP contribution in [0.25, 0.3) is 0 Å². The van der Waals surface area contributed by atoms with Gasteiger partial charge in [0, 0.05) is 25.5 Å². The Labute approximate surface area is 183 Å². The van der Waals surface area contributed by atoms with Gasteiger partial charge < -0.3 is 10.6 Å². The number of sulfonamides is 1. The maximum Gasteiger partial charge on any atom is 0.242 e. The minimum Gasteiger partial charge on any atom is -0.330 e. The van der Waals surface area contributed by atoms with Crippen molar-refractivity contribution in [3.63, 3.8) is 0 Å². The van der Waals surface area contributed by atoms with Crippen LogP contribution in [0.15, 0.2) is 57.8 Å². The van der Waals surface area contributed by atoms with Crippen LogP contribution in [0.5, 0.6) is 0 Å². The second kappa shape index (κ2) is 9.56. The van der Waals surface area contributed by atoms with Crippen LogP contribution >= 0.6 is 23.1 Å². The van der Waals surface area contributed by atoms with Gasteiger partial charge in [0.25, 0.3) is 0 Å². The molecule has 1 heterocycles. The zero-order chi connectivity index (χ0) is 21.7. The Bertz CT molecular complexity index is 1110. The van der Waals surface area contributed by atoms with Crippen LogP contribution in [-0.4, -0.2) is 48.7 Å². The fraction of sp³-hybridized carbons (Fsp3) is 0.211. The Balaban J connectivity index is 1.51. The van der Waals surface area contributed by atoms with E-state index in [9.17, 15) is 13.2 Å². The van der Waals surface area contributed by atoms with Crippen molar-refractivity contribution in [3.8, 4) is 0 Å². The smallest absolute Gasteiger partial charge is 0.242 e. The second-order valence-electron chi connectivity index (χ2n) is 6.51. The first-order valence-corrected chi connectivity index (χ1v) is 12.1. The first kappa shape index (κ1) is 22.2. The minimum absolute atomic E-state index is 0.164. The van der Waals surface area contributed by atoms with E-state index in [-0.39, 0.29) is 16.6 Å². The molecular weight excluding hydrogens is 442 g/mol. The van der Waals surface area contributed by atoms with Crippen molar-refractivity contribution in [3.05, 3.63) is 54.1 Å². The Hall–Kier alpha value is -2.47. The van der Waals surface area contributed by atoms with Crippen LogP contribution in [0.1, 0.15) is 5.56 Å². The molecule has 0 bridgehead atoms. The number of hydrogen-bond acceptors (Lipinski definition) is 8. The van der Waals surface area contributed by atoms with Crippen LogP contribution in [-0.2, 0) is 14.8 Å². The van der Waals surface area contributed by atoms with Gasteiger partial charge in [-0.05, 0) is 43.3 Å². The maximum atomic E-state index is 12.2. The fourth-order valence-corrected chi connectivity index (χ4v) is 4.80. The van der Waals surface area contributed by atoms with E-state index in [0.29, 0.717) is 15.2 Å². The molecule has 0 aliphatic heterocycles. The lowest BCUT2D eigenvalue weighted by Crippen LogP contribution is -2.22. The third kappa shape index (κ3) is 5.79.